The zero-order chi connectivity index (χ0) is 16.9. The first-order valence-electron chi connectivity index (χ1n) is 11.4. The number of unbranched alkanes of at least 4 members (excludes halogenated alkanes) is 13. The maximum absolute atomic E-state index is 2.66. The van der Waals surface area contributed by atoms with Gasteiger partial charge in [-0.05, 0) is 12.8 Å². The van der Waals surface area contributed by atoms with Crippen LogP contribution >= 0.6 is 0 Å². The molecule has 0 unspecified atom stereocenters. The third kappa shape index (κ3) is 7.87. The number of piperazine rings is 3. The van der Waals surface area contributed by atoms with E-state index in [4.69, 9.17) is 0 Å². The molecule has 2 nitrogen and oxygen atoms in total. The van der Waals surface area contributed by atoms with Crippen LogP contribution in [0.15, 0.2) is 0 Å². The van der Waals surface area contributed by atoms with Gasteiger partial charge in [0.1, 0.15) is 0 Å². The second kappa shape index (κ2) is 12.3. The van der Waals surface area contributed by atoms with Crippen molar-refractivity contribution in [2.24, 2.45) is 0 Å². The van der Waals surface area contributed by atoms with Gasteiger partial charge in [0.15, 0.2) is 0 Å². The molecule has 2 heteroatoms. The molecule has 0 amide bonds. The van der Waals surface area contributed by atoms with E-state index in [-0.39, 0.29) is 0 Å². The maximum Gasteiger partial charge on any atom is 0.0916 e. The Balaban J connectivity index is 1.30. The number of hydrogen-bond acceptors (Lipinski definition) is 1. The highest BCUT2D eigenvalue weighted by Gasteiger charge is 2.37. The first kappa shape index (κ1) is 20.2. The predicted octanol–water partition coefficient (Wildman–Crippen LogP) is 5.61. The van der Waals surface area contributed by atoms with Crippen LogP contribution in [-0.2, 0) is 0 Å². The van der Waals surface area contributed by atoms with Crippen LogP contribution in [0.5, 0.6) is 0 Å². The Morgan fingerprint density at radius 2 is 0.917 bits per heavy atom. The Bertz CT molecular complexity index is 281. The normalized spacial score (nSPS) is 26.1. The first-order chi connectivity index (χ1) is 11.8. The summed E-state index contributed by atoms with van der Waals surface area (Å²) in [6.07, 6.45) is 20.6. The van der Waals surface area contributed by atoms with Crippen LogP contribution in [0.3, 0.4) is 0 Å². The minimum atomic E-state index is 1.37. The molecule has 3 fully saturated rings. The van der Waals surface area contributed by atoms with Gasteiger partial charge in [0.2, 0.25) is 0 Å². The van der Waals surface area contributed by atoms with Gasteiger partial charge >= 0.3 is 0 Å². The summed E-state index contributed by atoms with van der Waals surface area (Å²) in [5, 5.41) is 0. The van der Waals surface area contributed by atoms with E-state index in [1.54, 1.807) is 0 Å². The van der Waals surface area contributed by atoms with Crippen molar-refractivity contribution in [1.29, 1.82) is 0 Å². The van der Waals surface area contributed by atoms with Crippen molar-refractivity contribution in [3.05, 3.63) is 0 Å². The number of rotatable bonds is 15. The van der Waals surface area contributed by atoms with Gasteiger partial charge in [-0.3, -0.25) is 4.90 Å². The molecular weight excluding hydrogens is 292 g/mol. The highest BCUT2D eigenvalue weighted by atomic mass is 15.4. The van der Waals surface area contributed by atoms with E-state index in [1.807, 2.05) is 0 Å². The first-order valence-corrected chi connectivity index (χ1v) is 11.4. The molecule has 142 valence electrons. The molecule has 24 heavy (non-hydrogen) atoms. The fraction of sp³-hybridized carbons (Fsp3) is 1.00. The van der Waals surface area contributed by atoms with Crippen molar-refractivity contribution in [3.8, 4) is 0 Å². The van der Waals surface area contributed by atoms with Crippen molar-refractivity contribution >= 4 is 0 Å². The Morgan fingerprint density at radius 1 is 0.542 bits per heavy atom. The molecule has 3 aliphatic heterocycles. The van der Waals surface area contributed by atoms with Crippen LogP contribution < -0.4 is 0 Å². The fourth-order valence-electron chi connectivity index (χ4n) is 4.71. The van der Waals surface area contributed by atoms with Crippen molar-refractivity contribution < 1.29 is 4.48 Å². The molecule has 0 radical (unpaired) electrons. The van der Waals surface area contributed by atoms with E-state index in [0.29, 0.717) is 0 Å². The second-order valence-corrected chi connectivity index (χ2v) is 8.67. The summed E-state index contributed by atoms with van der Waals surface area (Å²) in [6.45, 7) is 12.2. The van der Waals surface area contributed by atoms with Gasteiger partial charge in [0.25, 0.3) is 0 Å². The molecule has 3 heterocycles. The van der Waals surface area contributed by atoms with E-state index >= 15 is 0 Å². The van der Waals surface area contributed by atoms with E-state index in [2.05, 4.69) is 11.8 Å². The van der Waals surface area contributed by atoms with Crippen molar-refractivity contribution in [1.82, 2.24) is 4.90 Å². The lowest BCUT2D eigenvalue weighted by Gasteiger charge is -2.50. The SMILES string of the molecule is CCCCCCCCCCCCCCCC[N+]12CCN(CC1)CC2. The molecule has 0 N–H and O–H groups in total. The number of hydrogen-bond donors (Lipinski definition) is 0. The van der Waals surface area contributed by atoms with E-state index < -0.39 is 0 Å². The molecule has 3 rings (SSSR count). The molecule has 0 aromatic heterocycles. The van der Waals surface area contributed by atoms with Gasteiger partial charge in [0.05, 0.1) is 26.2 Å². The maximum atomic E-state index is 2.66. The number of fused-ring (bicyclic) bond motifs is 3. The monoisotopic (exact) mass is 337 g/mol. The Labute approximate surface area is 152 Å². The molecule has 0 aliphatic carbocycles. The summed E-state index contributed by atoms with van der Waals surface area (Å²) < 4.78 is 1.47. The highest BCUT2D eigenvalue weighted by Crippen LogP contribution is 2.21. The molecule has 0 atom stereocenters. The zero-order valence-electron chi connectivity index (χ0n) is 16.7. The van der Waals surface area contributed by atoms with Crippen LogP contribution in [0, 0.1) is 0 Å². The van der Waals surface area contributed by atoms with Crippen LogP contribution in [0.1, 0.15) is 96.8 Å². The lowest BCUT2D eigenvalue weighted by Crippen LogP contribution is -2.67. The van der Waals surface area contributed by atoms with Gasteiger partial charge in [-0.15, -0.1) is 0 Å². The summed E-state index contributed by atoms with van der Waals surface area (Å²) in [4.78, 5) is 2.66. The quantitative estimate of drug-likeness (QED) is 0.277. The number of quaternary nitrogens is 1. The Hall–Kier alpha value is -0.0800. The average Bonchev–Trinajstić information content (AvgIpc) is 2.63. The Morgan fingerprint density at radius 3 is 1.33 bits per heavy atom. The van der Waals surface area contributed by atoms with E-state index in [9.17, 15) is 0 Å². The van der Waals surface area contributed by atoms with Crippen molar-refractivity contribution in [3.63, 3.8) is 0 Å². The van der Waals surface area contributed by atoms with Crippen LogP contribution in [0.25, 0.3) is 0 Å². The van der Waals surface area contributed by atoms with Crippen molar-refractivity contribution in [2.45, 2.75) is 96.8 Å². The van der Waals surface area contributed by atoms with E-state index in [0.717, 1.165) is 0 Å². The minimum absolute atomic E-state index is 1.37. The summed E-state index contributed by atoms with van der Waals surface area (Å²) in [5.41, 5.74) is 0. The Kier molecular flexibility index (Phi) is 10.4. The van der Waals surface area contributed by atoms with Gasteiger partial charge in [0, 0.05) is 19.6 Å². The third-order valence-electron chi connectivity index (χ3n) is 6.66. The fourth-order valence-corrected chi connectivity index (χ4v) is 4.71. The standard InChI is InChI=1S/C22H45N2/c1-2-3-4-5-6-7-8-9-10-11-12-13-14-15-19-24-20-16-23(17-21-24)18-22-24/h2-22H2,1H3/q+1. The molecule has 0 saturated carbocycles. The lowest BCUT2D eigenvalue weighted by atomic mass is 10.0. The highest BCUT2D eigenvalue weighted by molar-refractivity contribution is 4.70. The molecule has 3 saturated heterocycles. The van der Waals surface area contributed by atoms with E-state index in [1.165, 1.54) is 140 Å². The molecular formula is C22H45N2+. The summed E-state index contributed by atoms with van der Waals surface area (Å²) in [6, 6.07) is 0. The summed E-state index contributed by atoms with van der Waals surface area (Å²) in [5.74, 6) is 0. The second-order valence-electron chi connectivity index (χ2n) is 8.67. The lowest BCUT2D eigenvalue weighted by molar-refractivity contribution is -0.941. The molecule has 0 aromatic carbocycles. The summed E-state index contributed by atoms with van der Waals surface area (Å²) in [7, 11) is 0. The van der Waals surface area contributed by atoms with Gasteiger partial charge in [-0.1, -0.05) is 84.0 Å². The van der Waals surface area contributed by atoms with Crippen LogP contribution in [0.2, 0.25) is 0 Å². The topological polar surface area (TPSA) is 3.24 Å². The van der Waals surface area contributed by atoms with Gasteiger partial charge in [-0.25, -0.2) is 0 Å². The number of nitrogens with zero attached hydrogens (tertiary/aromatic N) is 2. The van der Waals surface area contributed by atoms with Gasteiger partial charge < -0.3 is 4.48 Å². The predicted molar refractivity (Wildman–Crippen MR) is 106 cm³/mol. The minimum Gasteiger partial charge on any atom is -0.320 e. The molecule has 2 bridgehead atoms. The zero-order valence-corrected chi connectivity index (χ0v) is 16.7. The smallest absolute Gasteiger partial charge is 0.0916 e. The third-order valence-corrected chi connectivity index (χ3v) is 6.66. The summed E-state index contributed by atoms with van der Waals surface area (Å²) >= 11 is 0. The molecule has 0 aromatic rings. The average molecular weight is 338 g/mol. The molecule has 0 spiro atoms. The van der Waals surface area contributed by atoms with Crippen LogP contribution in [-0.4, -0.2) is 55.2 Å². The van der Waals surface area contributed by atoms with Crippen LogP contribution in [0.4, 0.5) is 0 Å². The largest absolute Gasteiger partial charge is 0.320 e. The van der Waals surface area contributed by atoms with Gasteiger partial charge in [-0.2, -0.15) is 0 Å². The molecule has 3 aliphatic rings. The van der Waals surface area contributed by atoms with Crippen molar-refractivity contribution in [2.75, 3.05) is 45.8 Å².